The summed E-state index contributed by atoms with van der Waals surface area (Å²) < 4.78 is 24.9. The van der Waals surface area contributed by atoms with E-state index in [9.17, 15) is 14.0 Å². The van der Waals surface area contributed by atoms with Gasteiger partial charge in [-0.3, -0.25) is 14.5 Å². The molecule has 2 aromatic carbocycles. The maximum atomic E-state index is 13.8. The van der Waals surface area contributed by atoms with Crippen LogP contribution in [0.4, 0.5) is 15.8 Å². The van der Waals surface area contributed by atoms with Gasteiger partial charge in [0, 0.05) is 0 Å². The van der Waals surface area contributed by atoms with Crippen LogP contribution in [0.3, 0.4) is 0 Å². The van der Waals surface area contributed by atoms with Gasteiger partial charge < -0.3 is 14.5 Å². The van der Waals surface area contributed by atoms with Crippen molar-refractivity contribution in [2.24, 2.45) is 0 Å². The lowest BCUT2D eigenvalue weighted by molar-refractivity contribution is -0.121. The summed E-state index contributed by atoms with van der Waals surface area (Å²) >= 11 is 1.08. The minimum atomic E-state index is -0.678. The molecule has 0 radical (unpaired) electrons. The summed E-state index contributed by atoms with van der Waals surface area (Å²) in [5, 5.41) is 10.2. The highest BCUT2D eigenvalue weighted by atomic mass is 32.2. The summed E-state index contributed by atoms with van der Waals surface area (Å²) in [6.07, 6.45) is -0.678. The lowest BCUT2D eigenvalue weighted by Crippen LogP contribution is -2.45. The van der Waals surface area contributed by atoms with Crippen molar-refractivity contribution in [1.29, 1.82) is 0 Å². The fraction of sp³-hybridized carbons (Fsp3) is 0.238. The van der Waals surface area contributed by atoms with Gasteiger partial charge in [-0.2, -0.15) is 0 Å². The summed E-state index contributed by atoms with van der Waals surface area (Å²) in [4.78, 5) is 26.4. The molecule has 2 atom stereocenters. The van der Waals surface area contributed by atoms with E-state index in [0.29, 0.717) is 11.4 Å². The van der Waals surface area contributed by atoms with Gasteiger partial charge in [0.1, 0.15) is 6.54 Å². The summed E-state index contributed by atoms with van der Waals surface area (Å²) in [5.41, 5.74) is 1.22. The van der Waals surface area contributed by atoms with Gasteiger partial charge in [-0.15, -0.1) is 10.2 Å². The third kappa shape index (κ3) is 4.53. The van der Waals surface area contributed by atoms with Crippen LogP contribution < -0.4 is 15.0 Å². The van der Waals surface area contributed by atoms with Crippen LogP contribution in [0.15, 0.2) is 58.2 Å². The fourth-order valence-electron chi connectivity index (χ4n) is 3.06. The average molecular weight is 442 g/mol. The number of amides is 2. The molecule has 4 rings (SSSR count). The van der Waals surface area contributed by atoms with Crippen molar-refractivity contribution in [3.8, 4) is 5.75 Å². The number of carbonyl (C=O) groups excluding carboxylic acids is 2. The molecule has 8 nitrogen and oxygen atoms in total. The highest BCUT2D eigenvalue weighted by Gasteiger charge is 2.31. The first-order chi connectivity index (χ1) is 14.9. The minimum absolute atomic E-state index is 0.0661. The lowest BCUT2D eigenvalue weighted by atomic mass is 10.2. The molecule has 1 aliphatic heterocycles. The Balaban J connectivity index is 1.43. The third-order valence-electron chi connectivity index (χ3n) is 4.57. The largest absolute Gasteiger partial charge is 0.478 e. The Morgan fingerprint density at radius 3 is 2.74 bits per heavy atom. The predicted octanol–water partition coefficient (Wildman–Crippen LogP) is 3.81. The molecule has 2 heterocycles. The van der Waals surface area contributed by atoms with Gasteiger partial charge in [-0.05, 0) is 38.1 Å². The Morgan fingerprint density at radius 1 is 1.19 bits per heavy atom. The van der Waals surface area contributed by atoms with Crippen molar-refractivity contribution in [3.63, 3.8) is 0 Å². The molecule has 10 heteroatoms. The number of para-hydroxylation sites is 3. The summed E-state index contributed by atoms with van der Waals surface area (Å²) in [5.74, 6) is -0.777. The van der Waals surface area contributed by atoms with Crippen molar-refractivity contribution >= 4 is 35.0 Å². The van der Waals surface area contributed by atoms with E-state index in [1.807, 2.05) is 0 Å². The Labute approximate surface area is 181 Å². The first-order valence-electron chi connectivity index (χ1n) is 9.54. The van der Waals surface area contributed by atoms with E-state index in [0.717, 1.165) is 11.8 Å². The second kappa shape index (κ2) is 8.76. The molecule has 2 amide bonds. The number of hydrogen-bond acceptors (Lipinski definition) is 7. The number of halogens is 1. The van der Waals surface area contributed by atoms with Crippen molar-refractivity contribution in [1.82, 2.24) is 10.2 Å². The first-order valence-corrected chi connectivity index (χ1v) is 10.4. The normalized spacial score (nSPS) is 15.1. The first kappa shape index (κ1) is 20.9. The fourth-order valence-corrected chi connectivity index (χ4v) is 3.82. The molecule has 0 bridgehead atoms. The van der Waals surface area contributed by atoms with Crippen molar-refractivity contribution < 1.29 is 23.1 Å². The van der Waals surface area contributed by atoms with Gasteiger partial charge in [0.15, 0.2) is 17.7 Å². The zero-order valence-electron chi connectivity index (χ0n) is 16.7. The molecule has 0 fully saturated rings. The molecule has 1 aliphatic rings. The quantitative estimate of drug-likeness (QED) is 0.580. The van der Waals surface area contributed by atoms with Crippen LogP contribution in [-0.4, -0.2) is 33.8 Å². The van der Waals surface area contributed by atoms with Gasteiger partial charge in [-0.25, -0.2) is 4.39 Å². The SMILES string of the molecule is C[C@H](Oc1ccccc1F)c1nnc(S[C@H](C)C(=O)N2CC(=O)Nc3ccccc32)o1. The molecule has 160 valence electrons. The predicted molar refractivity (Wildman–Crippen MR) is 112 cm³/mol. The molecule has 3 aromatic rings. The number of carbonyl (C=O) groups is 2. The Kier molecular flexibility index (Phi) is 5.90. The highest BCUT2D eigenvalue weighted by molar-refractivity contribution is 8.00. The lowest BCUT2D eigenvalue weighted by Gasteiger charge is -2.30. The Bertz CT molecular complexity index is 1120. The van der Waals surface area contributed by atoms with E-state index in [4.69, 9.17) is 9.15 Å². The number of rotatable bonds is 6. The van der Waals surface area contributed by atoms with Crippen LogP contribution in [0.5, 0.6) is 5.75 Å². The number of nitrogens with one attached hydrogen (secondary N) is 1. The molecular formula is C21H19FN4O4S. The van der Waals surface area contributed by atoms with E-state index < -0.39 is 17.2 Å². The van der Waals surface area contributed by atoms with Crippen LogP contribution >= 0.6 is 11.8 Å². The Hall–Kier alpha value is -3.40. The Morgan fingerprint density at radius 2 is 1.94 bits per heavy atom. The monoisotopic (exact) mass is 442 g/mol. The topological polar surface area (TPSA) is 97.6 Å². The summed E-state index contributed by atoms with van der Waals surface area (Å²) in [6, 6.07) is 13.1. The van der Waals surface area contributed by atoms with Gasteiger partial charge in [-0.1, -0.05) is 36.0 Å². The second-order valence-corrected chi connectivity index (χ2v) is 8.14. The standard InChI is InChI=1S/C21H19FN4O4S/c1-12(29-17-10-6-3-7-14(17)22)19-24-25-21(30-19)31-13(2)20(28)26-11-18(27)23-15-8-4-5-9-16(15)26/h3-10,12-13H,11H2,1-2H3,(H,23,27)/t12-,13+/m0/s1. The molecule has 0 aliphatic carbocycles. The maximum Gasteiger partial charge on any atom is 0.277 e. The van der Waals surface area contributed by atoms with Gasteiger partial charge in [0.25, 0.3) is 11.1 Å². The maximum absolute atomic E-state index is 13.8. The van der Waals surface area contributed by atoms with Gasteiger partial charge in [0.05, 0.1) is 16.6 Å². The van der Waals surface area contributed by atoms with E-state index >= 15 is 0 Å². The summed E-state index contributed by atoms with van der Waals surface area (Å²) in [6.45, 7) is 3.29. The van der Waals surface area contributed by atoms with E-state index in [-0.39, 0.29) is 35.2 Å². The van der Waals surface area contributed by atoms with Crippen molar-refractivity contribution in [2.75, 3.05) is 16.8 Å². The smallest absolute Gasteiger partial charge is 0.277 e. The number of benzene rings is 2. The van der Waals surface area contributed by atoms with Crippen LogP contribution in [-0.2, 0) is 9.59 Å². The number of thioether (sulfide) groups is 1. The highest BCUT2D eigenvalue weighted by Crippen LogP contribution is 2.32. The van der Waals surface area contributed by atoms with Gasteiger partial charge >= 0.3 is 0 Å². The van der Waals surface area contributed by atoms with E-state index in [1.54, 1.807) is 50.2 Å². The molecule has 0 saturated heterocycles. The minimum Gasteiger partial charge on any atom is -0.478 e. The molecule has 1 aromatic heterocycles. The molecule has 31 heavy (non-hydrogen) atoms. The molecule has 1 N–H and O–H groups in total. The number of hydrogen-bond donors (Lipinski definition) is 1. The van der Waals surface area contributed by atoms with Crippen LogP contribution in [0, 0.1) is 5.82 Å². The zero-order valence-corrected chi connectivity index (χ0v) is 17.6. The molecule has 0 unspecified atom stereocenters. The summed E-state index contributed by atoms with van der Waals surface area (Å²) in [7, 11) is 0. The number of anilines is 2. The number of fused-ring (bicyclic) bond motifs is 1. The molecule has 0 saturated carbocycles. The third-order valence-corrected chi connectivity index (χ3v) is 5.49. The van der Waals surface area contributed by atoms with Gasteiger partial charge in [0.2, 0.25) is 11.8 Å². The number of aromatic nitrogens is 2. The zero-order chi connectivity index (χ0) is 22.0. The van der Waals surface area contributed by atoms with E-state index in [1.165, 1.54) is 17.0 Å². The van der Waals surface area contributed by atoms with E-state index in [2.05, 4.69) is 15.5 Å². The molecule has 0 spiro atoms. The second-order valence-electron chi connectivity index (χ2n) is 6.85. The number of nitrogens with zero attached hydrogens (tertiary/aromatic N) is 3. The number of ether oxygens (including phenoxy) is 1. The van der Waals surface area contributed by atoms with Crippen molar-refractivity contribution in [3.05, 3.63) is 60.2 Å². The van der Waals surface area contributed by atoms with Crippen LogP contribution in [0.25, 0.3) is 0 Å². The van der Waals surface area contributed by atoms with Crippen molar-refractivity contribution in [2.45, 2.75) is 30.4 Å². The molecular weight excluding hydrogens is 423 g/mol. The van der Waals surface area contributed by atoms with Crippen LogP contribution in [0.2, 0.25) is 0 Å². The average Bonchev–Trinajstić information content (AvgIpc) is 3.22. The van der Waals surface area contributed by atoms with Crippen LogP contribution in [0.1, 0.15) is 25.8 Å².